The van der Waals surface area contributed by atoms with Gasteiger partial charge in [-0.15, -0.1) is 0 Å². The molecule has 0 spiro atoms. The maximum absolute atomic E-state index is 12.3. The van der Waals surface area contributed by atoms with E-state index < -0.39 is 9.83 Å². The van der Waals surface area contributed by atoms with E-state index in [4.69, 9.17) is 34.8 Å². The molecule has 5 heteroatoms. The van der Waals surface area contributed by atoms with Crippen molar-refractivity contribution in [1.82, 2.24) is 5.32 Å². The fourth-order valence-corrected chi connectivity index (χ4v) is 2.46. The number of hydrogen-bond donors (Lipinski definition) is 1. The molecule has 0 fully saturated rings. The van der Waals surface area contributed by atoms with Crippen LogP contribution in [-0.4, -0.2) is 9.70 Å². The topological polar surface area (TPSA) is 29.1 Å². The third-order valence-electron chi connectivity index (χ3n) is 3.05. The zero-order valence-corrected chi connectivity index (χ0v) is 13.6. The number of hydrogen-bond acceptors (Lipinski definition) is 1. The smallest absolute Gasteiger partial charge is 0.251 e. The molecule has 0 aliphatic carbocycles. The SMILES string of the molecule is Cc1ccc([C@@H](NC(=O)c2ccccc2)C(Cl)(Cl)Cl)cc1. The lowest BCUT2D eigenvalue weighted by atomic mass is 10.1. The second-order valence-corrected chi connectivity index (χ2v) is 7.09. The highest BCUT2D eigenvalue weighted by Gasteiger charge is 2.35. The second kappa shape index (κ2) is 6.69. The third kappa shape index (κ3) is 4.37. The molecular weight excluding hydrogens is 329 g/mol. The Morgan fingerprint density at radius 3 is 2.10 bits per heavy atom. The first-order valence-electron chi connectivity index (χ1n) is 6.37. The number of nitrogens with one attached hydrogen (secondary N) is 1. The number of alkyl halides is 3. The average molecular weight is 343 g/mol. The Labute approximate surface area is 139 Å². The van der Waals surface area contributed by atoms with Crippen LogP contribution >= 0.6 is 34.8 Å². The number of halogens is 3. The first kappa shape index (κ1) is 16.2. The van der Waals surface area contributed by atoms with Crippen LogP contribution in [0.25, 0.3) is 0 Å². The number of carbonyl (C=O) groups is 1. The highest BCUT2D eigenvalue weighted by Crippen LogP contribution is 2.40. The van der Waals surface area contributed by atoms with Crippen LogP contribution < -0.4 is 5.32 Å². The summed E-state index contributed by atoms with van der Waals surface area (Å²) in [7, 11) is 0. The fourth-order valence-electron chi connectivity index (χ4n) is 1.92. The predicted octanol–water partition coefficient (Wildman–Crippen LogP) is 4.84. The first-order valence-corrected chi connectivity index (χ1v) is 7.50. The van der Waals surface area contributed by atoms with E-state index in [-0.39, 0.29) is 5.91 Å². The Morgan fingerprint density at radius 2 is 1.57 bits per heavy atom. The molecule has 0 bridgehead atoms. The van der Waals surface area contributed by atoms with Gasteiger partial charge in [-0.1, -0.05) is 82.8 Å². The molecule has 0 saturated carbocycles. The van der Waals surface area contributed by atoms with Crippen LogP contribution in [0.15, 0.2) is 54.6 Å². The molecule has 2 rings (SSSR count). The minimum atomic E-state index is -1.64. The molecule has 1 amide bonds. The van der Waals surface area contributed by atoms with Gasteiger partial charge in [-0.25, -0.2) is 0 Å². The minimum Gasteiger partial charge on any atom is -0.341 e. The van der Waals surface area contributed by atoms with Crippen LogP contribution in [-0.2, 0) is 0 Å². The van der Waals surface area contributed by atoms with E-state index in [9.17, 15) is 4.79 Å². The summed E-state index contributed by atoms with van der Waals surface area (Å²) in [4.78, 5) is 12.3. The van der Waals surface area contributed by atoms with Gasteiger partial charge in [0.05, 0.1) is 0 Å². The number of rotatable bonds is 3. The van der Waals surface area contributed by atoms with E-state index in [1.807, 2.05) is 37.3 Å². The quantitative estimate of drug-likeness (QED) is 0.795. The molecule has 2 aromatic carbocycles. The summed E-state index contributed by atoms with van der Waals surface area (Å²) in [5.41, 5.74) is 2.35. The molecule has 0 aliphatic rings. The molecule has 2 nitrogen and oxygen atoms in total. The van der Waals surface area contributed by atoms with Crippen molar-refractivity contribution in [2.24, 2.45) is 0 Å². The lowest BCUT2D eigenvalue weighted by Gasteiger charge is -2.26. The maximum atomic E-state index is 12.3. The summed E-state index contributed by atoms with van der Waals surface area (Å²) in [6.07, 6.45) is 0. The number of carbonyl (C=O) groups excluding carboxylic acids is 1. The predicted molar refractivity (Wildman–Crippen MR) is 88.1 cm³/mol. The molecule has 1 N–H and O–H groups in total. The number of aryl methyl sites for hydroxylation is 1. The van der Waals surface area contributed by atoms with Gasteiger partial charge in [0.15, 0.2) is 0 Å². The van der Waals surface area contributed by atoms with E-state index in [1.165, 1.54) is 0 Å². The standard InChI is InChI=1S/C16H14Cl3NO/c1-11-7-9-12(10-8-11)14(16(17,18)19)20-15(21)13-5-3-2-4-6-13/h2-10,14H,1H3,(H,20,21)/t14-/m1/s1. The molecule has 0 aromatic heterocycles. The molecule has 0 radical (unpaired) electrons. The van der Waals surface area contributed by atoms with E-state index in [1.54, 1.807) is 24.3 Å². The van der Waals surface area contributed by atoms with Crippen molar-refractivity contribution in [3.8, 4) is 0 Å². The maximum Gasteiger partial charge on any atom is 0.251 e. The summed E-state index contributed by atoms with van der Waals surface area (Å²) in [6.45, 7) is 1.97. The lowest BCUT2D eigenvalue weighted by molar-refractivity contribution is 0.0937. The molecule has 110 valence electrons. The van der Waals surface area contributed by atoms with Gasteiger partial charge in [-0.2, -0.15) is 0 Å². The van der Waals surface area contributed by atoms with Crippen LogP contribution in [0.3, 0.4) is 0 Å². The summed E-state index contributed by atoms with van der Waals surface area (Å²) in [5, 5.41) is 2.77. The summed E-state index contributed by atoms with van der Waals surface area (Å²) in [6, 6.07) is 15.6. The zero-order valence-electron chi connectivity index (χ0n) is 11.3. The van der Waals surface area contributed by atoms with E-state index in [0.717, 1.165) is 11.1 Å². The van der Waals surface area contributed by atoms with Gasteiger partial charge in [-0.3, -0.25) is 4.79 Å². The van der Waals surface area contributed by atoms with Crippen LogP contribution in [0.2, 0.25) is 0 Å². The summed E-state index contributed by atoms with van der Waals surface area (Å²) >= 11 is 18.1. The van der Waals surface area contributed by atoms with Crippen molar-refractivity contribution < 1.29 is 4.79 Å². The van der Waals surface area contributed by atoms with Crippen molar-refractivity contribution >= 4 is 40.7 Å². The molecular formula is C16H14Cl3NO. The molecule has 2 aromatic rings. The van der Waals surface area contributed by atoms with Gasteiger partial charge in [0.1, 0.15) is 6.04 Å². The Balaban J connectivity index is 2.26. The van der Waals surface area contributed by atoms with E-state index in [0.29, 0.717) is 5.56 Å². The lowest BCUT2D eigenvalue weighted by Crippen LogP contribution is -2.36. The van der Waals surface area contributed by atoms with Gasteiger partial charge >= 0.3 is 0 Å². The van der Waals surface area contributed by atoms with Gasteiger partial charge in [0, 0.05) is 5.56 Å². The monoisotopic (exact) mass is 341 g/mol. The largest absolute Gasteiger partial charge is 0.341 e. The van der Waals surface area contributed by atoms with Gasteiger partial charge in [-0.05, 0) is 24.6 Å². The molecule has 0 unspecified atom stereocenters. The Hall–Kier alpha value is -1.22. The van der Waals surface area contributed by atoms with Crippen molar-refractivity contribution in [3.05, 3.63) is 71.3 Å². The Morgan fingerprint density at radius 1 is 1.00 bits per heavy atom. The van der Waals surface area contributed by atoms with Crippen LogP contribution in [0.1, 0.15) is 27.5 Å². The molecule has 1 atom stereocenters. The molecule has 21 heavy (non-hydrogen) atoms. The minimum absolute atomic E-state index is 0.285. The van der Waals surface area contributed by atoms with Gasteiger partial charge in [0.2, 0.25) is 3.79 Å². The zero-order chi connectivity index (χ0) is 15.5. The molecule has 0 saturated heterocycles. The van der Waals surface area contributed by atoms with Crippen molar-refractivity contribution in [1.29, 1.82) is 0 Å². The fraction of sp³-hybridized carbons (Fsp3) is 0.188. The van der Waals surface area contributed by atoms with Gasteiger partial charge in [0.25, 0.3) is 5.91 Å². The van der Waals surface area contributed by atoms with E-state index >= 15 is 0 Å². The highest BCUT2D eigenvalue weighted by molar-refractivity contribution is 6.68. The number of amides is 1. The third-order valence-corrected chi connectivity index (χ3v) is 3.70. The average Bonchev–Trinajstić information content (AvgIpc) is 2.45. The van der Waals surface area contributed by atoms with Crippen LogP contribution in [0, 0.1) is 6.92 Å². The summed E-state index contributed by atoms with van der Waals surface area (Å²) < 4.78 is -1.64. The van der Waals surface area contributed by atoms with E-state index in [2.05, 4.69) is 5.32 Å². The molecule has 0 aliphatic heterocycles. The van der Waals surface area contributed by atoms with Crippen LogP contribution in [0.4, 0.5) is 0 Å². The first-order chi connectivity index (χ1) is 9.88. The Bertz CT molecular complexity index is 606. The van der Waals surface area contributed by atoms with Crippen molar-refractivity contribution in [2.45, 2.75) is 16.8 Å². The summed E-state index contributed by atoms with van der Waals surface area (Å²) in [5.74, 6) is -0.285. The van der Waals surface area contributed by atoms with Crippen molar-refractivity contribution in [3.63, 3.8) is 0 Å². The Kier molecular flexibility index (Phi) is 5.15. The van der Waals surface area contributed by atoms with Gasteiger partial charge < -0.3 is 5.32 Å². The van der Waals surface area contributed by atoms with Crippen LogP contribution in [0.5, 0.6) is 0 Å². The van der Waals surface area contributed by atoms with Crippen molar-refractivity contribution in [2.75, 3.05) is 0 Å². The number of benzene rings is 2. The molecule has 0 heterocycles. The normalized spacial score (nSPS) is 12.8. The second-order valence-electron chi connectivity index (χ2n) is 4.72. The highest BCUT2D eigenvalue weighted by atomic mass is 35.6.